The Morgan fingerprint density at radius 2 is 1.93 bits per heavy atom. The van der Waals surface area contributed by atoms with E-state index in [9.17, 15) is 9.90 Å². The molecule has 3 rings (SSSR count). The first-order valence-electron chi connectivity index (χ1n) is 11.1. The number of hydrogen-bond acceptors (Lipinski definition) is 5. The lowest BCUT2D eigenvalue weighted by Gasteiger charge is -2.36. The molecule has 3 unspecified atom stereocenters. The first kappa shape index (κ1) is 22.3. The topological polar surface area (TPSA) is 107 Å². The number of hydrogen-bond donors (Lipinski definition) is 4. The van der Waals surface area contributed by atoms with Crippen molar-refractivity contribution in [1.82, 2.24) is 4.90 Å². The van der Waals surface area contributed by atoms with Crippen LogP contribution in [0.25, 0.3) is 0 Å². The van der Waals surface area contributed by atoms with Crippen LogP contribution in [-0.4, -0.2) is 51.8 Å². The second kappa shape index (κ2) is 10.1. The van der Waals surface area contributed by atoms with Gasteiger partial charge in [-0.1, -0.05) is 37.1 Å². The van der Waals surface area contributed by atoms with Crippen molar-refractivity contribution < 1.29 is 19.9 Å². The van der Waals surface area contributed by atoms with Gasteiger partial charge in [0.15, 0.2) is 0 Å². The first-order valence-corrected chi connectivity index (χ1v) is 11.1. The fourth-order valence-electron chi connectivity index (χ4n) is 5.28. The summed E-state index contributed by atoms with van der Waals surface area (Å²) < 4.78 is 0. The van der Waals surface area contributed by atoms with Crippen molar-refractivity contribution in [1.29, 1.82) is 0 Å². The molecular formula is C22H35BN2O4. The number of rotatable bonds is 8. The zero-order chi connectivity index (χ0) is 20.9. The second-order valence-electron chi connectivity index (χ2n) is 8.84. The van der Waals surface area contributed by atoms with Crippen LogP contribution in [0.5, 0.6) is 0 Å². The van der Waals surface area contributed by atoms with Crippen molar-refractivity contribution in [3.8, 4) is 0 Å². The Labute approximate surface area is 174 Å². The van der Waals surface area contributed by atoms with Gasteiger partial charge in [0.25, 0.3) is 0 Å². The molecule has 29 heavy (non-hydrogen) atoms. The minimum absolute atomic E-state index is 0.0529. The van der Waals surface area contributed by atoms with Gasteiger partial charge in [0, 0.05) is 6.04 Å². The molecule has 1 heterocycles. The summed E-state index contributed by atoms with van der Waals surface area (Å²) in [6.45, 7) is 1.87. The summed E-state index contributed by atoms with van der Waals surface area (Å²) in [5.41, 5.74) is 8.12. The van der Waals surface area contributed by atoms with Crippen molar-refractivity contribution in [3.63, 3.8) is 0 Å². The van der Waals surface area contributed by atoms with Gasteiger partial charge in [0.1, 0.15) is 5.54 Å². The van der Waals surface area contributed by atoms with Gasteiger partial charge in [-0.2, -0.15) is 0 Å². The molecule has 1 aliphatic heterocycles. The van der Waals surface area contributed by atoms with Gasteiger partial charge >= 0.3 is 13.1 Å². The molecule has 1 aromatic rings. The molecule has 0 bridgehead atoms. The minimum Gasteiger partial charge on any atom is -0.480 e. The molecule has 6 nitrogen and oxygen atoms in total. The van der Waals surface area contributed by atoms with E-state index in [1.54, 1.807) is 0 Å². The maximum atomic E-state index is 12.1. The SMILES string of the molecule is NC(CCCCB(O)O)(C(=O)O)C1CCCN(C2CCCc3ccccc32)CC1. The van der Waals surface area contributed by atoms with Crippen LogP contribution in [0.15, 0.2) is 24.3 Å². The van der Waals surface area contributed by atoms with E-state index in [4.69, 9.17) is 15.8 Å². The molecule has 3 atom stereocenters. The van der Waals surface area contributed by atoms with E-state index < -0.39 is 18.6 Å². The van der Waals surface area contributed by atoms with E-state index in [-0.39, 0.29) is 12.2 Å². The van der Waals surface area contributed by atoms with Gasteiger partial charge < -0.3 is 20.9 Å². The van der Waals surface area contributed by atoms with Crippen molar-refractivity contribution >= 4 is 13.1 Å². The number of likely N-dealkylation sites (tertiary alicyclic amines) is 1. The summed E-state index contributed by atoms with van der Waals surface area (Å²) in [4.78, 5) is 14.6. The van der Waals surface area contributed by atoms with Gasteiger partial charge in [-0.15, -0.1) is 0 Å². The molecule has 1 saturated heterocycles. The first-order chi connectivity index (χ1) is 13.9. The largest absolute Gasteiger partial charge is 0.480 e. The van der Waals surface area contributed by atoms with E-state index in [1.165, 1.54) is 17.5 Å². The van der Waals surface area contributed by atoms with Crippen LogP contribution in [0.1, 0.15) is 68.5 Å². The van der Waals surface area contributed by atoms with E-state index >= 15 is 0 Å². The van der Waals surface area contributed by atoms with Gasteiger partial charge in [0.2, 0.25) is 0 Å². The molecule has 0 amide bonds. The summed E-state index contributed by atoms with van der Waals surface area (Å²) in [6, 6.07) is 9.16. The maximum Gasteiger partial charge on any atom is 0.451 e. The number of aliphatic carboxylic acids is 1. The van der Waals surface area contributed by atoms with Crippen molar-refractivity contribution in [2.24, 2.45) is 11.7 Å². The third-order valence-corrected chi connectivity index (χ3v) is 6.97. The molecule has 0 aromatic heterocycles. The van der Waals surface area contributed by atoms with E-state index in [0.29, 0.717) is 25.3 Å². The number of carboxylic acid groups (broad SMARTS) is 1. The monoisotopic (exact) mass is 402 g/mol. The van der Waals surface area contributed by atoms with Crippen LogP contribution in [0, 0.1) is 5.92 Å². The lowest BCUT2D eigenvalue weighted by Crippen LogP contribution is -2.54. The summed E-state index contributed by atoms with van der Waals surface area (Å²) >= 11 is 0. The van der Waals surface area contributed by atoms with Crippen LogP contribution < -0.4 is 5.73 Å². The minimum atomic E-state index is -1.34. The number of fused-ring (bicyclic) bond motifs is 1. The third-order valence-electron chi connectivity index (χ3n) is 6.97. The van der Waals surface area contributed by atoms with Crippen LogP contribution in [0.4, 0.5) is 0 Å². The Hall–Kier alpha value is -1.41. The number of nitrogens with zero attached hydrogens (tertiary/aromatic N) is 1. The van der Waals surface area contributed by atoms with Gasteiger partial charge in [-0.25, -0.2) is 0 Å². The van der Waals surface area contributed by atoms with Crippen molar-refractivity contribution in [2.75, 3.05) is 13.1 Å². The maximum absolute atomic E-state index is 12.1. The smallest absolute Gasteiger partial charge is 0.451 e. The lowest BCUT2D eigenvalue weighted by atomic mass is 9.75. The highest BCUT2D eigenvalue weighted by atomic mass is 16.4. The standard InChI is InChI=1S/C22H35BN2O4/c24-22(21(26)27,13-3-4-14-23(28)29)18-9-6-15-25(16-12-18)20-11-5-8-17-7-1-2-10-19(17)20/h1-2,7,10,18,20,28-29H,3-6,8-9,11-16,24H2,(H,26,27). The molecule has 5 N–H and O–H groups in total. The van der Waals surface area contributed by atoms with E-state index in [1.807, 2.05) is 0 Å². The molecule has 1 aromatic carbocycles. The number of aryl methyl sites for hydroxylation is 1. The Morgan fingerprint density at radius 1 is 1.14 bits per heavy atom. The molecule has 1 fully saturated rings. The van der Waals surface area contributed by atoms with Crippen LogP contribution in [-0.2, 0) is 11.2 Å². The molecule has 0 spiro atoms. The van der Waals surface area contributed by atoms with Crippen molar-refractivity contribution in [3.05, 3.63) is 35.4 Å². The normalized spacial score (nSPS) is 24.9. The Bertz CT molecular complexity index is 687. The lowest BCUT2D eigenvalue weighted by molar-refractivity contribution is -0.146. The summed E-state index contributed by atoms with van der Waals surface area (Å²) in [6.07, 6.45) is 7.91. The molecule has 0 saturated carbocycles. The number of carboxylic acids is 1. The number of nitrogens with two attached hydrogens (primary N) is 1. The average Bonchev–Trinajstić information content (AvgIpc) is 2.97. The fraction of sp³-hybridized carbons (Fsp3) is 0.682. The molecular weight excluding hydrogens is 367 g/mol. The Balaban J connectivity index is 1.64. The summed E-state index contributed by atoms with van der Waals surface area (Å²) in [5, 5.41) is 27.9. The molecule has 7 heteroatoms. The van der Waals surface area contributed by atoms with Crippen LogP contribution in [0.2, 0.25) is 6.32 Å². The predicted octanol–water partition coefficient (Wildman–Crippen LogP) is 2.59. The quantitative estimate of drug-likeness (QED) is 0.393. The number of unbranched alkanes of at least 4 members (excludes halogenated alkanes) is 1. The van der Waals surface area contributed by atoms with Gasteiger partial charge in [-0.3, -0.25) is 9.69 Å². The van der Waals surface area contributed by atoms with Crippen molar-refractivity contribution in [2.45, 2.75) is 75.7 Å². The summed E-state index contributed by atoms with van der Waals surface area (Å²) in [7, 11) is -1.34. The highest BCUT2D eigenvalue weighted by Gasteiger charge is 2.42. The van der Waals surface area contributed by atoms with E-state index in [2.05, 4.69) is 29.2 Å². The molecule has 1 aliphatic carbocycles. The van der Waals surface area contributed by atoms with Crippen LogP contribution >= 0.6 is 0 Å². The molecule has 2 aliphatic rings. The van der Waals surface area contributed by atoms with Crippen LogP contribution in [0.3, 0.4) is 0 Å². The predicted molar refractivity (Wildman–Crippen MR) is 114 cm³/mol. The second-order valence-corrected chi connectivity index (χ2v) is 8.84. The highest BCUT2D eigenvalue weighted by molar-refractivity contribution is 6.40. The molecule has 160 valence electrons. The summed E-state index contributed by atoms with van der Waals surface area (Å²) in [5.74, 6) is -0.980. The zero-order valence-electron chi connectivity index (χ0n) is 17.3. The highest BCUT2D eigenvalue weighted by Crippen LogP contribution is 2.38. The number of benzene rings is 1. The average molecular weight is 402 g/mol. The Kier molecular flexibility index (Phi) is 7.74. The molecule has 0 radical (unpaired) electrons. The fourth-order valence-corrected chi connectivity index (χ4v) is 5.28. The number of carbonyl (C=O) groups is 1. The third kappa shape index (κ3) is 5.40. The van der Waals surface area contributed by atoms with Gasteiger partial charge in [0.05, 0.1) is 0 Å². The van der Waals surface area contributed by atoms with Gasteiger partial charge in [-0.05, 0) is 81.4 Å². The van der Waals surface area contributed by atoms with E-state index in [0.717, 1.165) is 45.2 Å². The zero-order valence-corrected chi connectivity index (χ0v) is 17.3. The Morgan fingerprint density at radius 3 is 2.69 bits per heavy atom.